The van der Waals surface area contributed by atoms with Gasteiger partial charge < -0.3 is 19.1 Å². The summed E-state index contributed by atoms with van der Waals surface area (Å²) in [6.07, 6.45) is 1.47. The molecule has 216 valence electrons. The lowest BCUT2D eigenvalue weighted by Gasteiger charge is -2.24. The number of nitrogens with zero attached hydrogens (tertiary/aromatic N) is 5. The largest absolute Gasteiger partial charge is 0.497 e. The van der Waals surface area contributed by atoms with Gasteiger partial charge >= 0.3 is 5.97 Å². The molecular formula is C32H34N6O4. The van der Waals surface area contributed by atoms with Crippen LogP contribution in [0.15, 0.2) is 72.8 Å². The van der Waals surface area contributed by atoms with E-state index in [1.54, 1.807) is 7.11 Å². The van der Waals surface area contributed by atoms with Gasteiger partial charge in [-0.15, -0.1) is 10.2 Å². The van der Waals surface area contributed by atoms with Crippen molar-refractivity contribution in [3.05, 3.63) is 101 Å². The number of rotatable bonds is 12. The second-order valence-corrected chi connectivity index (χ2v) is 10.5. The van der Waals surface area contributed by atoms with Gasteiger partial charge in [0.15, 0.2) is 5.69 Å². The Kier molecular flexibility index (Phi) is 8.44. The zero-order chi connectivity index (χ0) is 29.7. The van der Waals surface area contributed by atoms with Crippen molar-refractivity contribution in [1.29, 1.82) is 0 Å². The van der Waals surface area contributed by atoms with E-state index in [0.717, 1.165) is 45.8 Å². The third-order valence-corrected chi connectivity index (χ3v) is 7.17. The van der Waals surface area contributed by atoms with Crippen molar-refractivity contribution in [3.8, 4) is 28.3 Å². The van der Waals surface area contributed by atoms with Gasteiger partial charge in [-0.3, -0.25) is 0 Å². The number of hydrogen-bond acceptors (Lipinski definition) is 7. The number of benzene rings is 3. The highest BCUT2D eigenvalue weighted by Gasteiger charge is 2.34. The van der Waals surface area contributed by atoms with Crippen molar-refractivity contribution >= 4 is 5.97 Å². The number of ether oxygens (including phenoxy) is 2. The Morgan fingerprint density at radius 1 is 0.976 bits per heavy atom. The van der Waals surface area contributed by atoms with Crippen LogP contribution in [0.2, 0.25) is 0 Å². The summed E-state index contributed by atoms with van der Waals surface area (Å²) in [6.45, 7) is 6.45. The standard InChI is InChI=1S/C32H34N6O4/c1-5-8-27-33-29(32(2,3)42-20-22-13-17-24(41-4)18-14-22)28(31(39)40)38(27)19-21-11-15-23(16-12-21)25-9-6-7-10-26(25)30-34-36-37-35-30/h6-7,9-18H,5,8,19-20H2,1-4H3,(H,39,40)(H,34,35,36,37). The molecule has 2 aromatic heterocycles. The first-order chi connectivity index (χ1) is 20.3. The van der Waals surface area contributed by atoms with Crippen LogP contribution in [0, 0.1) is 0 Å². The van der Waals surface area contributed by atoms with E-state index in [-0.39, 0.29) is 5.69 Å². The van der Waals surface area contributed by atoms with Gasteiger partial charge in [-0.25, -0.2) is 9.78 Å². The minimum absolute atomic E-state index is 0.143. The number of tetrazole rings is 1. The third-order valence-electron chi connectivity index (χ3n) is 7.17. The van der Waals surface area contributed by atoms with Crippen molar-refractivity contribution in [2.75, 3.05) is 7.11 Å². The molecule has 0 radical (unpaired) electrons. The van der Waals surface area contributed by atoms with Crippen LogP contribution in [0.5, 0.6) is 5.75 Å². The Labute approximate surface area is 244 Å². The normalized spacial score (nSPS) is 11.5. The lowest BCUT2D eigenvalue weighted by atomic mass is 9.98. The molecule has 0 aliphatic heterocycles. The highest BCUT2D eigenvalue weighted by atomic mass is 16.5. The zero-order valence-electron chi connectivity index (χ0n) is 24.2. The number of hydrogen-bond donors (Lipinski definition) is 2. The molecule has 5 rings (SSSR count). The first-order valence-electron chi connectivity index (χ1n) is 13.8. The second kappa shape index (κ2) is 12.4. The van der Waals surface area contributed by atoms with Crippen LogP contribution < -0.4 is 4.74 Å². The molecule has 0 bridgehead atoms. The summed E-state index contributed by atoms with van der Waals surface area (Å²) in [7, 11) is 1.62. The first kappa shape index (κ1) is 28.7. The number of aryl methyl sites for hydroxylation is 1. The molecule has 0 unspecified atom stereocenters. The maximum atomic E-state index is 12.7. The van der Waals surface area contributed by atoms with Crippen molar-refractivity contribution in [2.45, 2.75) is 52.4 Å². The summed E-state index contributed by atoms with van der Waals surface area (Å²) in [5, 5.41) is 24.8. The summed E-state index contributed by atoms with van der Waals surface area (Å²) >= 11 is 0. The SMILES string of the molecule is CCCc1nc(C(C)(C)OCc2ccc(OC)cc2)c(C(=O)O)n1Cc1ccc(-c2ccccc2-c2nn[nH]n2)cc1. The number of H-pyrrole nitrogens is 1. The molecular weight excluding hydrogens is 532 g/mol. The van der Waals surface area contributed by atoms with Gasteiger partial charge in [-0.05, 0) is 59.9 Å². The molecule has 3 aromatic carbocycles. The Bertz CT molecular complexity index is 1640. The lowest BCUT2D eigenvalue weighted by Crippen LogP contribution is -2.26. The summed E-state index contributed by atoms with van der Waals surface area (Å²) in [6, 6.07) is 23.5. The van der Waals surface area contributed by atoms with Gasteiger partial charge in [0.2, 0.25) is 5.82 Å². The van der Waals surface area contributed by atoms with E-state index in [1.165, 1.54) is 0 Å². The molecule has 0 amide bonds. The molecule has 2 heterocycles. The number of carboxylic acids is 1. The molecule has 10 nitrogen and oxygen atoms in total. The van der Waals surface area contributed by atoms with E-state index in [4.69, 9.17) is 14.5 Å². The van der Waals surface area contributed by atoms with Crippen LogP contribution in [0.3, 0.4) is 0 Å². The Morgan fingerprint density at radius 2 is 1.67 bits per heavy atom. The Morgan fingerprint density at radius 3 is 2.29 bits per heavy atom. The molecule has 0 aliphatic rings. The number of aromatic nitrogens is 6. The van der Waals surface area contributed by atoms with E-state index in [9.17, 15) is 9.90 Å². The fourth-order valence-corrected chi connectivity index (χ4v) is 4.95. The number of carbonyl (C=O) groups is 1. The number of aromatic carboxylic acids is 1. The van der Waals surface area contributed by atoms with E-state index in [1.807, 2.05) is 91.2 Å². The minimum Gasteiger partial charge on any atom is -0.497 e. The van der Waals surface area contributed by atoms with E-state index in [0.29, 0.717) is 31.1 Å². The van der Waals surface area contributed by atoms with Crippen molar-refractivity contribution < 1.29 is 19.4 Å². The molecule has 0 saturated carbocycles. The average molecular weight is 567 g/mol. The predicted octanol–water partition coefficient (Wildman–Crippen LogP) is 5.89. The van der Waals surface area contributed by atoms with Crippen LogP contribution in [-0.4, -0.2) is 48.4 Å². The third kappa shape index (κ3) is 6.08. The van der Waals surface area contributed by atoms with Crippen LogP contribution in [0.4, 0.5) is 0 Å². The van der Waals surface area contributed by atoms with Gasteiger partial charge in [-0.2, -0.15) is 5.21 Å². The average Bonchev–Trinajstić information content (AvgIpc) is 3.66. The smallest absolute Gasteiger partial charge is 0.354 e. The highest BCUT2D eigenvalue weighted by molar-refractivity contribution is 5.87. The van der Waals surface area contributed by atoms with E-state index < -0.39 is 11.6 Å². The molecule has 0 fully saturated rings. The highest BCUT2D eigenvalue weighted by Crippen LogP contribution is 2.32. The number of carboxylic acid groups (broad SMARTS) is 1. The maximum absolute atomic E-state index is 12.7. The minimum atomic E-state index is -1.04. The second-order valence-electron chi connectivity index (χ2n) is 10.5. The van der Waals surface area contributed by atoms with Crippen molar-refractivity contribution in [2.24, 2.45) is 0 Å². The first-order valence-corrected chi connectivity index (χ1v) is 13.8. The van der Waals surface area contributed by atoms with Gasteiger partial charge in [-0.1, -0.05) is 67.6 Å². The summed E-state index contributed by atoms with van der Waals surface area (Å²) in [4.78, 5) is 17.5. The quantitative estimate of drug-likeness (QED) is 0.191. The van der Waals surface area contributed by atoms with Crippen LogP contribution >= 0.6 is 0 Å². The van der Waals surface area contributed by atoms with Gasteiger partial charge in [0.1, 0.15) is 22.9 Å². The fraction of sp³-hybridized carbons (Fsp3) is 0.281. The number of imidazole rings is 1. The molecule has 0 aliphatic carbocycles. The van der Waals surface area contributed by atoms with Gasteiger partial charge in [0.25, 0.3) is 0 Å². The Balaban J connectivity index is 1.43. The molecule has 0 spiro atoms. The van der Waals surface area contributed by atoms with Crippen molar-refractivity contribution in [1.82, 2.24) is 30.2 Å². The molecule has 5 aromatic rings. The van der Waals surface area contributed by atoms with Crippen LogP contribution in [-0.2, 0) is 29.9 Å². The molecule has 2 N–H and O–H groups in total. The zero-order valence-corrected chi connectivity index (χ0v) is 24.2. The van der Waals surface area contributed by atoms with Crippen LogP contribution in [0.1, 0.15) is 60.3 Å². The van der Waals surface area contributed by atoms with Gasteiger partial charge in [0, 0.05) is 18.5 Å². The molecule has 10 heteroatoms. The van der Waals surface area contributed by atoms with E-state index in [2.05, 4.69) is 27.5 Å². The molecule has 0 atom stereocenters. The fourth-order valence-electron chi connectivity index (χ4n) is 4.95. The Hall–Kier alpha value is -4.83. The lowest BCUT2D eigenvalue weighted by molar-refractivity contribution is -0.0374. The predicted molar refractivity (Wildman–Crippen MR) is 158 cm³/mol. The summed E-state index contributed by atoms with van der Waals surface area (Å²) in [5.41, 5.74) is 4.36. The molecule has 0 saturated heterocycles. The van der Waals surface area contributed by atoms with E-state index >= 15 is 0 Å². The van der Waals surface area contributed by atoms with Crippen molar-refractivity contribution in [3.63, 3.8) is 0 Å². The summed E-state index contributed by atoms with van der Waals surface area (Å²) < 4.78 is 13.3. The maximum Gasteiger partial charge on any atom is 0.354 e. The monoisotopic (exact) mass is 566 g/mol. The number of methoxy groups -OCH3 is 1. The topological polar surface area (TPSA) is 128 Å². The molecule has 42 heavy (non-hydrogen) atoms. The number of aromatic amines is 1. The van der Waals surface area contributed by atoms with Crippen LogP contribution in [0.25, 0.3) is 22.5 Å². The summed E-state index contributed by atoms with van der Waals surface area (Å²) in [5.74, 6) is 0.968. The number of nitrogens with one attached hydrogen (secondary N) is 1. The van der Waals surface area contributed by atoms with Gasteiger partial charge in [0.05, 0.1) is 13.7 Å².